The lowest BCUT2D eigenvalue weighted by Gasteiger charge is -2.27. The van der Waals surface area contributed by atoms with Crippen LogP contribution >= 0.6 is 0 Å². The minimum atomic E-state index is 0.457. The number of nitrogens with two attached hydrogens (primary N) is 1. The van der Waals surface area contributed by atoms with Crippen LogP contribution in [0.15, 0.2) is 24.3 Å². The van der Waals surface area contributed by atoms with Gasteiger partial charge in [-0.25, -0.2) is 0 Å². The highest BCUT2D eigenvalue weighted by Crippen LogP contribution is 2.34. The van der Waals surface area contributed by atoms with Crippen LogP contribution in [0, 0.1) is 5.92 Å². The Morgan fingerprint density at radius 3 is 2.89 bits per heavy atom. The molecule has 1 fully saturated rings. The van der Waals surface area contributed by atoms with E-state index in [4.69, 9.17) is 5.73 Å². The maximum atomic E-state index is 6.17. The van der Waals surface area contributed by atoms with Crippen molar-refractivity contribution in [2.24, 2.45) is 11.7 Å². The van der Waals surface area contributed by atoms with Gasteiger partial charge in [-0.2, -0.15) is 0 Å². The Bertz CT molecular complexity index is 415. The normalized spacial score (nSPS) is 30.8. The molecule has 0 radical (unpaired) electrons. The van der Waals surface area contributed by atoms with Crippen molar-refractivity contribution in [3.05, 3.63) is 29.8 Å². The Balaban J connectivity index is 1.66. The molecular formula is C16H24N2. The Kier molecular flexibility index (Phi) is 3.29. The number of rotatable bonds is 3. The van der Waals surface area contributed by atoms with Crippen molar-refractivity contribution in [2.45, 2.75) is 51.1 Å². The van der Waals surface area contributed by atoms with E-state index in [0.717, 1.165) is 5.92 Å². The van der Waals surface area contributed by atoms with Crippen LogP contribution in [-0.2, 0) is 6.42 Å². The molecule has 0 spiro atoms. The van der Waals surface area contributed by atoms with Crippen LogP contribution in [0.3, 0.4) is 0 Å². The molecule has 98 valence electrons. The van der Waals surface area contributed by atoms with Crippen LogP contribution in [0.2, 0.25) is 0 Å². The SMILES string of the molecule is CC1Cc2ccccc2N1CCC1CCCC1N. The van der Waals surface area contributed by atoms with E-state index in [1.165, 1.54) is 49.9 Å². The van der Waals surface area contributed by atoms with Crippen molar-refractivity contribution < 1.29 is 0 Å². The molecular weight excluding hydrogens is 220 g/mol. The molecule has 3 atom stereocenters. The number of para-hydroxylation sites is 1. The molecule has 0 saturated heterocycles. The molecule has 1 saturated carbocycles. The Hall–Kier alpha value is -1.02. The second-order valence-electron chi connectivity index (χ2n) is 6.02. The van der Waals surface area contributed by atoms with Crippen LogP contribution in [0.4, 0.5) is 5.69 Å². The third kappa shape index (κ3) is 2.14. The predicted molar refractivity (Wildman–Crippen MR) is 76.9 cm³/mol. The Morgan fingerprint density at radius 2 is 2.11 bits per heavy atom. The summed E-state index contributed by atoms with van der Waals surface area (Å²) in [5.41, 5.74) is 9.14. The number of nitrogens with zero attached hydrogens (tertiary/aromatic N) is 1. The van der Waals surface area contributed by atoms with E-state index in [0.29, 0.717) is 12.1 Å². The van der Waals surface area contributed by atoms with Crippen LogP contribution in [0.5, 0.6) is 0 Å². The molecule has 0 aromatic heterocycles. The highest BCUT2D eigenvalue weighted by atomic mass is 15.2. The van der Waals surface area contributed by atoms with Gasteiger partial charge in [-0.05, 0) is 50.2 Å². The van der Waals surface area contributed by atoms with Gasteiger partial charge in [0.2, 0.25) is 0 Å². The van der Waals surface area contributed by atoms with Gasteiger partial charge < -0.3 is 10.6 Å². The highest BCUT2D eigenvalue weighted by Gasteiger charge is 2.28. The Morgan fingerprint density at radius 1 is 1.28 bits per heavy atom. The fourth-order valence-electron chi connectivity index (χ4n) is 3.70. The zero-order valence-electron chi connectivity index (χ0n) is 11.3. The zero-order chi connectivity index (χ0) is 12.5. The van der Waals surface area contributed by atoms with Gasteiger partial charge in [0.1, 0.15) is 0 Å². The lowest BCUT2D eigenvalue weighted by atomic mass is 10.00. The summed E-state index contributed by atoms with van der Waals surface area (Å²) in [6.45, 7) is 3.52. The van der Waals surface area contributed by atoms with E-state index in [1.807, 2.05) is 0 Å². The number of hydrogen-bond acceptors (Lipinski definition) is 2. The minimum Gasteiger partial charge on any atom is -0.368 e. The minimum absolute atomic E-state index is 0.457. The second-order valence-corrected chi connectivity index (χ2v) is 6.02. The molecule has 2 nitrogen and oxygen atoms in total. The van der Waals surface area contributed by atoms with Gasteiger partial charge in [0.05, 0.1) is 0 Å². The maximum absolute atomic E-state index is 6.17. The van der Waals surface area contributed by atoms with Gasteiger partial charge in [-0.15, -0.1) is 0 Å². The summed E-state index contributed by atoms with van der Waals surface area (Å²) in [7, 11) is 0. The molecule has 0 amide bonds. The fraction of sp³-hybridized carbons (Fsp3) is 0.625. The average molecular weight is 244 g/mol. The molecule has 2 heteroatoms. The molecule has 2 aliphatic rings. The van der Waals surface area contributed by atoms with Gasteiger partial charge in [-0.1, -0.05) is 24.6 Å². The van der Waals surface area contributed by atoms with E-state index in [2.05, 4.69) is 36.1 Å². The molecule has 3 rings (SSSR count). The van der Waals surface area contributed by atoms with Gasteiger partial charge in [0.25, 0.3) is 0 Å². The molecule has 0 bridgehead atoms. The van der Waals surface area contributed by atoms with Gasteiger partial charge in [0.15, 0.2) is 0 Å². The first-order valence-corrected chi connectivity index (χ1v) is 7.36. The standard InChI is InChI=1S/C16H24N2/c1-12-11-14-5-2-3-8-16(14)18(12)10-9-13-6-4-7-15(13)17/h2-3,5,8,12-13,15H,4,6-7,9-11,17H2,1H3. The molecule has 1 aliphatic carbocycles. The summed E-state index contributed by atoms with van der Waals surface area (Å²) in [5, 5.41) is 0. The van der Waals surface area contributed by atoms with E-state index in [9.17, 15) is 0 Å². The van der Waals surface area contributed by atoms with Crippen molar-refractivity contribution >= 4 is 5.69 Å². The first-order valence-electron chi connectivity index (χ1n) is 7.36. The summed E-state index contributed by atoms with van der Waals surface area (Å²) < 4.78 is 0. The number of fused-ring (bicyclic) bond motifs is 1. The molecule has 2 N–H and O–H groups in total. The third-order valence-corrected chi connectivity index (χ3v) is 4.81. The van der Waals surface area contributed by atoms with Gasteiger partial charge in [-0.3, -0.25) is 0 Å². The molecule has 3 unspecified atom stereocenters. The smallest absolute Gasteiger partial charge is 0.0402 e. The second kappa shape index (κ2) is 4.93. The lowest BCUT2D eigenvalue weighted by molar-refractivity contribution is 0.440. The zero-order valence-corrected chi connectivity index (χ0v) is 11.3. The monoisotopic (exact) mass is 244 g/mol. The summed E-state index contributed by atoms with van der Waals surface area (Å²) in [5.74, 6) is 0.755. The van der Waals surface area contributed by atoms with Crippen molar-refractivity contribution in [1.29, 1.82) is 0 Å². The number of hydrogen-bond donors (Lipinski definition) is 1. The first kappa shape index (κ1) is 12.0. The van der Waals surface area contributed by atoms with E-state index < -0.39 is 0 Å². The highest BCUT2D eigenvalue weighted by molar-refractivity contribution is 5.59. The van der Waals surface area contributed by atoms with E-state index in [-0.39, 0.29) is 0 Å². The quantitative estimate of drug-likeness (QED) is 0.885. The largest absolute Gasteiger partial charge is 0.368 e. The van der Waals surface area contributed by atoms with Crippen LogP contribution in [0.25, 0.3) is 0 Å². The molecule has 1 heterocycles. The van der Waals surface area contributed by atoms with Crippen molar-refractivity contribution in [1.82, 2.24) is 0 Å². The van der Waals surface area contributed by atoms with E-state index in [1.54, 1.807) is 0 Å². The Labute approximate surface area is 110 Å². The summed E-state index contributed by atoms with van der Waals surface area (Å²) in [6.07, 6.45) is 6.37. The predicted octanol–water partition coefficient (Wildman–Crippen LogP) is 2.96. The first-order chi connectivity index (χ1) is 8.75. The summed E-state index contributed by atoms with van der Waals surface area (Å²) in [4.78, 5) is 2.58. The number of anilines is 1. The van der Waals surface area contributed by atoms with Crippen LogP contribution in [-0.4, -0.2) is 18.6 Å². The number of benzene rings is 1. The summed E-state index contributed by atoms with van der Waals surface area (Å²) >= 11 is 0. The fourth-order valence-corrected chi connectivity index (χ4v) is 3.70. The molecule has 1 aromatic rings. The summed E-state index contributed by atoms with van der Waals surface area (Å²) in [6, 6.07) is 9.96. The van der Waals surface area contributed by atoms with Crippen molar-refractivity contribution in [2.75, 3.05) is 11.4 Å². The van der Waals surface area contributed by atoms with Crippen molar-refractivity contribution in [3.63, 3.8) is 0 Å². The van der Waals surface area contributed by atoms with Crippen molar-refractivity contribution in [3.8, 4) is 0 Å². The van der Waals surface area contributed by atoms with Gasteiger partial charge in [0, 0.05) is 24.3 Å². The van der Waals surface area contributed by atoms with Crippen LogP contribution in [0.1, 0.15) is 38.2 Å². The third-order valence-electron chi connectivity index (χ3n) is 4.81. The topological polar surface area (TPSA) is 29.3 Å². The molecule has 18 heavy (non-hydrogen) atoms. The maximum Gasteiger partial charge on any atom is 0.0402 e. The van der Waals surface area contributed by atoms with Gasteiger partial charge >= 0.3 is 0 Å². The van der Waals surface area contributed by atoms with Crippen LogP contribution < -0.4 is 10.6 Å². The molecule has 1 aromatic carbocycles. The molecule has 1 aliphatic heterocycles. The lowest BCUT2D eigenvalue weighted by Crippen LogP contribution is -2.33. The average Bonchev–Trinajstić information content (AvgIpc) is 2.90. The van der Waals surface area contributed by atoms with E-state index >= 15 is 0 Å².